The Morgan fingerprint density at radius 2 is 0.677 bits per heavy atom. The summed E-state index contributed by atoms with van der Waals surface area (Å²) in [5, 5.41) is 14.8. The lowest BCUT2D eigenvalue weighted by molar-refractivity contribution is -0.130. The minimum Gasteiger partial charge on any atom is -0.344 e. The first kappa shape index (κ1) is 87.7. The van der Waals surface area contributed by atoms with E-state index >= 15 is 0 Å². The van der Waals surface area contributed by atoms with Gasteiger partial charge in [0, 0.05) is 202 Å². The van der Waals surface area contributed by atoms with Crippen molar-refractivity contribution in [2.45, 2.75) is 162 Å². The second kappa shape index (κ2) is 38.1. The van der Waals surface area contributed by atoms with Crippen LogP contribution in [0, 0.1) is 0 Å². The molecule has 3 fully saturated rings. The maximum Gasteiger partial charge on any atom is 0.278 e. The van der Waals surface area contributed by atoms with Gasteiger partial charge in [0.15, 0.2) is 16.9 Å². The van der Waals surface area contributed by atoms with Gasteiger partial charge in [-0.25, -0.2) is 43.0 Å². The van der Waals surface area contributed by atoms with E-state index in [1.54, 1.807) is 75.0 Å². The van der Waals surface area contributed by atoms with E-state index in [0.717, 1.165) is 189 Å². The van der Waals surface area contributed by atoms with Crippen LogP contribution in [0.25, 0.3) is 82.9 Å². The molecule has 0 unspecified atom stereocenters. The van der Waals surface area contributed by atoms with Crippen molar-refractivity contribution in [2.24, 2.45) is 0 Å². The van der Waals surface area contributed by atoms with Crippen LogP contribution in [-0.2, 0) is 38.8 Å². The van der Waals surface area contributed by atoms with E-state index in [1.165, 1.54) is 11.0 Å². The largest absolute Gasteiger partial charge is 0.344 e. The number of hydrogen-bond donors (Lipinski definition) is 3. The fraction of sp³-hybridized carbons (Fsp3) is 0.343. The van der Waals surface area contributed by atoms with Crippen LogP contribution in [0.5, 0.6) is 0 Å². The molecule has 6 bridgehead atoms. The standard InChI is InChI=1S/C35H40N8O2.C34H36N8O3.C33H36N8O2/c1-24(2)39-18-14-28(15-19-39)41-20-13-26-21-27(11-12-32(26)41)37-35-36-23-31-33(38-35)43-30-10-8-9-29(22-30)40(25(3)44)16-6-4-5-7-17-42(43)34(31)45;1-23(43)38-17-13-27(14-18-38)40-19-12-25-20-26(10-11-31(25)40)36-34-35-22-30-32(37-34)42-29-9-7-8-28(21-29)39(24(2)44)15-5-3-4-6-16-41(42)33(30)45;1-23(42)38-15-5-3-4-6-16-40-32(43)29-22-34-33(36-31(29)41(40)28-9-7-8-27(38)21-28)35-25-10-11-30-24(20-25)12-19-39(30)26-13-17-37(2)18-14-26/h5,7-13,20-24,28H,4,6,14-19H2,1-3H3,(H,36,37,38);4,6-12,19-22,27H,3,5,13-18H2,1-2H3,(H,35,36,37);4,6-12,19-22,26H,3,5,13-18H2,1-2H3,(H,34,35,36). The Kier molecular flexibility index (Phi) is 25.1. The molecule has 0 aliphatic carbocycles. The molecule has 682 valence electrons. The summed E-state index contributed by atoms with van der Waals surface area (Å²) >= 11 is 0. The van der Waals surface area contributed by atoms with E-state index in [2.05, 4.69) is 179 Å². The Morgan fingerprint density at radius 1 is 0.361 bits per heavy atom. The highest BCUT2D eigenvalue weighted by molar-refractivity contribution is 5.95. The summed E-state index contributed by atoms with van der Waals surface area (Å²) in [6.07, 6.45) is 34.9. The van der Waals surface area contributed by atoms with Gasteiger partial charge in [0.2, 0.25) is 41.5 Å². The molecule has 31 heteroatoms. The zero-order valence-corrected chi connectivity index (χ0v) is 76.3. The monoisotopic (exact) mass is 1780 g/mol. The minimum atomic E-state index is -0.177. The van der Waals surface area contributed by atoms with Gasteiger partial charge in [-0.2, -0.15) is 15.0 Å². The first-order valence-electron chi connectivity index (χ1n) is 46.6. The maximum atomic E-state index is 13.6. The average molecular weight is 1790 g/mol. The van der Waals surface area contributed by atoms with Crippen LogP contribution < -0.4 is 47.3 Å². The Hall–Kier alpha value is -14.6. The van der Waals surface area contributed by atoms with Crippen LogP contribution in [0.3, 0.4) is 0 Å². The van der Waals surface area contributed by atoms with Crippen molar-refractivity contribution < 1.29 is 19.2 Å². The topological polar surface area (TPSA) is 297 Å². The van der Waals surface area contributed by atoms with E-state index in [1.807, 2.05) is 116 Å². The van der Waals surface area contributed by atoms with Crippen LogP contribution in [0.4, 0.5) is 52.0 Å². The van der Waals surface area contributed by atoms with Crippen LogP contribution in [0.1, 0.15) is 137 Å². The average Bonchev–Trinajstić information content (AvgIpc) is 1.61. The molecule has 4 amide bonds. The van der Waals surface area contributed by atoms with Gasteiger partial charge in [-0.15, -0.1) is 0 Å². The molecule has 21 rings (SSSR count). The molecule has 15 aromatic rings. The number of piperidine rings is 3. The lowest BCUT2D eigenvalue weighted by atomic mass is 10.0. The summed E-state index contributed by atoms with van der Waals surface area (Å²) in [4.78, 5) is 130. The predicted octanol–water partition coefficient (Wildman–Crippen LogP) is 16.4. The van der Waals surface area contributed by atoms with Crippen molar-refractivity contribution in [3.05, 3.63) is 250 Å². The van der Waals surface area contributed by atoms with Crippen molar-refractivity contribution in [3.8, 4) is 17.1 Å². The van der Waals surface area contributed by atoms with Crippen molar-refractivity contribution >= 4 is 141 Å². The van der Waals surface area contributed by atoms with Crippen LogP contribution in [0.15, 0.2) is 234 Å². The van der Waals surface area contributed by atoms with Crippen LogP contribution >= 0.6 is 0 Å². The van der Waals surface area contributed by atoms with Gasteiger partial charge in [0.05, 0.1) is 36.7 Å². The molecule has 0 spiro atoms. The first-order chi connectivity index (χ1) is 64.7. The molecule has 15 heterocycles. The van der Waals surface area contributed by atoms with E-state index in [4.69, 9.17) is 15.0 Å². The van der Waals surface area contributed by atoms with Gasteiger partial charge in [-0.1, -0.05) is 54.7 Å². The van der Waals surface area contributed by atoms with Crippen molar-refractivity contribution in [3.63, 3.8) is 0 Å². The first-order valence-corrected chi connectivity index (χ1v) is 46.6. The number of carbonyl (C=O) groups excluding carboxylic acids is 4. The number of likely N-dealkylation sites (tertiary alicyclic amines) is 3. The Balaban J connectivity index is 0.000000129. The second-order valence-electron chi connectivity index (χ2n) is 35.8. The van der Waals surface area contributed by atoms with Gasteiger partial charge < -0.3 is 59.1 Å². The molecule has 6 aliphatic heterocycles. The fourth-order valence-electron chi connectivity index (χ4n) is 19.8. The summed E-state index contributed by atoms with van der Waals surface area (Å²) in [5.41, 5.74) is 11.8. The molecule has 133 heavy (non-hydrogen) atoms. The molecule has 3 saturated heterocycles. The predicted molar refractivity (Wildman–Crippen MR) is 526 cm³/mol. The number of amides is 4. The summed E-state index contributed by atoms with van der Waals surface area (Å²) in [6, 6.07) is 50.4. The summed E-state index contributed by atoms with van der Waals surface area (Å²) in [5.74, 6) is 1.28. The zero-order chi connectivity index (χ0) is 91.7. The molecule has 0 saturated carbocycles. The van der Waals surface area contributed by atoms with E-state index < -0.39 is 0 Å². The summed E-state index contributed by atoms with van der Waals surface area (Å²) in [6.45, 7) is 20.1. The zero-order valence-electron chi connectivity index (χ0n) is 76.3. The lowest BCUT2D eigenvalue weighted by Crippen LogP contribution is -2.38. The van der Waals surface area contributed by atoms with E-state index in [0.29, 0.717) is 114 Å². The number of benzene rings is 6. The molecular formula is C102H112N24O7. The number of anilines is 9. The van der Waals surface area contributed by atoms with Gasteiger partial charge in [-0.3, -0.25) is 33.6 Å². The highest BCUT2D eigenvalue weighted by atomic mass is 16.2. The second-order valence-corrected chi connectivity index (χ2v) is 35.8. The lowest BCUT2D eigenvalue weighted by Gasteiger charge is -2.35. The van der Waals surface area contributed by atoms with Crippen LogP contribution in [-0.4, -0.2) is 182 Å². The Bertz CT molecular complexity index is 7220. The molecule has 6 aliphatic rings. The molecule has 31 nitrogen and oxygen atoms in total. The van der Waals surface area contributed by atoms with Crippen molar-refractivity contribution in [2.75, 3.05) is 96.6 Å². The fourth-order valence-corrected chi connectivity index (χ4v) is 19.8. The number of nitrogens with one attached hydrogen (secondary N) is 3. The number of allylic oxidation sites excluding steroid dienone is 6. The van der Waals surface area contributed by atoms with Crippen molar-refractivity contribution in [1.29, 1.82) is 0 Å². The third-order valence-electron chi connectivity index (χ3n) is 26.9. The molecule has 9 aromatic heterocycles. The highest BCUT2D eigenvalue weighted by Gasteiger charge is 2.30. The molecule has 6 aromatic carbocycles. The summed E-state index contributed by atoms with van der Waals surface area (Å²) < 4.78 is 17.7. The van der Waals surface area contributed by atoms with Gasteiger partial charge in [-0.05, 0) is 238 Å². The Morgan fingerprint density at radius 3 is 0.992 bits per heavy atom. The Labute approximate surface area is 769 Å². The van der Waals surface area contributed by atoms with E-state index in [-0.39, 0.29) is 40.3 Å². The molecule has 0 radical (unpaired) electrons. The molecule has 3 N–H and O–H groups in total. The smallest absolute Gasteiger partial charge is 0.278 e. The number of nitrogens with zero attached hydrogens (tertiary/aromatic N) is 21. The summed E-state index contributed by atoms with van der Waals surface area (Å²) in [7, 11) is 2.19. The number of hydrogen-bond acceptors (Lipinski definition) is 18. The molecule has 0 atom stereocenters. The normalized spacial score (nSPS) is 16.4. The van der Waals surface area contributed by atoms with E-state index in [9.17, 15) is 33.6 Å². The number of rotatable bonds is 10. The highest BCUT2D eigenvalue weighted by Crippen LogP contribution is 2.37. The quantitative estimate of drug-likeness (QED) is 0.107. The van der Waals surface area contributed by atoms with Gasteiger partial charge >= 0.3 is 0 Å². The SMILES string of the molecule is CC(=O)N1CCC(n2ccc3cc(Nc4ncc5c(=O)n6n(c5n4)-c4cccc(c4)N(C(C)=O)CCCC=CC6)ccc32)CC1.CC(=O)N1CCCC=CCn2c(=O)c3cnc(Nc4ccc5c(ccn5C5CCN(C(C)C)CC5)c4)nc3n2-c2cccc1c2.CC(=O)N1CCCC=CCn2c(=O)c3cnc(Nc4ccc5c(ccn5C5CCN(C)CC5)c4)nc3n2-c2cccc1c2. The van der Waals surface area contributed by atoms with Gasteiger partial charge in [0.1, 0.15) is 16.2 Å². The number of aromatic nitrogens is 15. The third kappa shape index (κ3) is 18.2. The van der Waals surface area contributed by atoms with Gasteiger partial charge in [0.25, 0.3) is 16.7 Å². The maximum absolute atomic E-state index is 13.6. The van der Waals surface area contributed by atoms with Crippen molar-refractivity contribution in [1.82, 2.24) is 86.4 Å². The number of fused-ring (bicyclic) bond motifs is 21. The third-order valence-corrected chi connectivity index (χ3v) is 26.9. The number of carbonyl (C=O) groups is 4. The minimum absolute atomic E-state index is 0.0134. The molecular weight excluding hydrogens is 1670 g/mol. The van der Waals surface area contributed by atoms with Crippen LogP contribution in [0.2, 0.25) is 0 Å².